The van der Waals surface area contributed by atoms with Crippen LogP contribution in [0.3, 0.4) is 0 Å². The Morgan fingerprint density at radius 2 is 2.09 bits per heavy atom. The van der Waals surface area contributed by atoms with Crippen LogP contribution in [0.15, 0.2) is 55.0 Å². The molecular weight excluding hydrogens is 278 g/mol. The lowest BCUT2D eigenvalue weighted by Crippen LogP contribution is -2.07. The Morgan fingerprint density at radius 1 is 1.23 bits per heavy atom. The first-order valence-corrected chi connectivity index (χ1v) is 7.01. The van der Waals surface area contributed by atoms with Crippen molar-refractivity contribution in [3.05, 3.63) is 60.6 Å². The number of ether oxygens (including phenoxy) is 1. The summed E-state index contributed by atoms with van der Waals surface area (Å²) in [5, 5.41) is 4.18. The maximum atomic E-state index is 12.0. The van der Waals surface area contributed by atoms with Crippen LogP contribution in [0.1, 0.15) is 17.3 Å². The highest BCUT2D eigenvalue weighted by Gasteiger charge is 2.12. The minimum Gasteiger partial charge on any atom is -0.462 e. The van der Waals surface area contributed by atoms with Crippen LogP contribution in [-0.2, 0) is 4.74 Å². The summed E-state index contributed by atoms with van der Waals surface area (Å²) in [5.41, 5.74) is 2.95. The number of para-hydroxylation sites is 1. The van der Waals surface area contributed by atoms with Gasteiger partial charge in [0, 0.05) is 17.3 Å². The van der Waals surface area contributed by atoms with Gasteiger partial charge in [0.25, 0.3) is 0 Å². The number of aromatic nitrogens is 2. The zero-order chi connectivity index (χ0) is 15.4. The number of carbonyl (C=O) groups is 1. The number of esters is 1. The van der Waals surface area contributed by atoms with E-state index in [1.807, 2.05) is 36.4 Å². The van der Waals surface area contributed by atoms with Crippen molar-refractivity contribution >= 4 is 28.2 Å². The summed E-state index contributed by atoms with van der Waals surface area (Å²) in [5.74, 6) is -0.338. The lowest BCUT2D eigenvalue weighted by molar-refractivity contribution is 0.0527. The Hall–Kier alpha value is -2.95. The first-order chi connectivity index (χ1) is 10.8. The Bertz CT molecular complexity index is 818. The van der Waals surface area contributed by atoms with Gasteiger partial charge in [-0.1, -0.05) is 12.1 Å². The SMILES string of the molecule is CCOC(=O)c1ccccc1Nc1ccc2ncncc2c1. The second-order valence-corrected chi connectivity index (χ2v) is 4.69. The molecule has 3 aromatic rings. The summed E-state index contributed by atoms with van der Waals surface area (Å²) in [6, 6.07) is 13.0. The minimum atomic E-state index is -0.338. The number of rotatable bonds is 4. The highest BCUT2D eigenvalue weighted by atomic mass is 16.5. The van der Waals surface area contributed by atoms with E-state index < -0.39 is 0 Å². The molecule has 0 radical (unpaired) electrons. The summed E-state index contributed by atoms with van der Waals surface area (Å²) >= 11 is 0. The fourth-order valence-electron chi connectivity index (χ4n) is 2.20. The molecule has 0 saturated carbocycles. The van der Waals surface area contributed by atoms with Gasteiger partial charge in [-0.2, -0.15) is 0 Å². The molecule has 0 unspecified atom stereocenters. The smallest absolute Gasteiger partial charge is 0.340 e. The molecule has 1 N–H and O–H groups in total. The zero-order valence-electron chi connectivity index (χ0n) is 12.1. The van der Waals surface area contributed by atoms with Crippen molar-refractivity contribution in [2.24, 2.45) is 0 Å². The molecule has 2 aromatic carbocycles. The van der Waals surface area contributed by atoms with Crippen molar-refractivity contribution < 1.29 is 9.53 Å². The number of nitrogens with one attached hydrogen (secondary N) is 1. The van der Waals surface area contributed by atoms with Crippen LogP contribution in [0.4, 0.5) is 11.4 Å². The van der Waals surface area contributed by atoms with E-state index in [9.17, 15) is 4.79 Å². The molecule has 0 aliphatic rings. The molecule has 0 fully saturated rings. The number of hydrogen-bond acceptors (Lipinski definition) is 5. The zero-order valence-corrected chi connectivity index (χ0v) is 12.1. The van der Waals surface area contributed by atoms with E-state index >= 15 is 0 Å². The van der Waals surface area contributed by atoms with Gasteiger partial charge in [-0.25, -0.2) is 14.8 Å². The fraction of sp³-hybridized carbons (Fsp3) is 0.118. The highest BCUT2D eigenvalue weighted by molar-refractivity contribution is 5.96. The molecule has 110 valence electrons. The summed E-state index contributed by atoms with van der Waals surface area (Å²) in [6.07, 6.45) is 3.27. The lowest BCUT2D eigenvalue weighted by Gasteiger charge is -2.11. The molecule has 1 heterocycles. The summed E-state index contributed by atoms with van der Waals surface area (Å²) in [7, 11) is 0. The predicted octanol–water partition coefficient (Wildman–Crippen LogP) is 3.55. The van der Waals surface area contributed by atoms with Gasteiger partial charge in [0.15, 0.2) is 0 Å². The number of fused-ring (bicyclic) bond motifs is 1. The average molecular weight is 293 g/mol. The quantitative estimate of drug-likeness (QED) is 0.745. The molecule has 0 aliphatic carbocycles. The number of anilines is 2. The van der Waals surface area contributed by atoms with Crippen molar-refractivity contribution in [2.75, 3.05) is 11.9 Å². The molecule has 22 heavy (non-hydrogen) atoms. The predicted molar refractivity (Wildman–Crippen MR) is 85.2 cm³/mol. The third-order valence-electron chi connectivity index (χ3n) is 3.21. The van der Waals surface area contributed by atoms with Crippen molar-refractivity contribution in [3.8, 4) is 0 Å². The number of carbonyl (C=O) groups excluding carboxylic acids is 1. The highest BCUT2D eigenvalue weighted by Crippen LogP contribution is 2.24. The molecule has 5 nitrogen and oxygen atoms in total. The fourth-order valence-corrected chi connectivity index (χ4v) is 2.20. The van der Waals surface area contributed by atoms with Crippen molar-refractivity contribution in [3.63, 3.8) is 0 Å². The average Bonchev–Trinajstić information content (AvgIpc) is 2.55. The second kappa shape index (κ2) is 6.22. The minimum absolute atomic E-state index is 0.338. The van der Waals surface area contributed by atoms with Gasteiger partial charge in [0.05, 0.1) is 23.4 Å². The summed E-state index contributed by atoms with van der Waals surface area (Å²) in [4.78, 5) is 20.2. The Morgan fingerprint density at radius 3 is 2.95 bits per heavy atom. The van der Waals surface area contributed by atoms with Crippen LogP contribution in [-0.4, -0.2) is 22.5 Å². The van der Waals surface area contributed by atoms with Crippen LogP contribution < -0.4 is 5.32 Å². The van der Waals surface area contributed by atoms with E-state index in [1.54, 1.807) is 19.2 Å². The molecule has 0 saturated heterocycles. The Kier molecular flexibility index (Phi) is 3.96. The third-order valence-corrected chi connectivity index (χ3v) is 3.21. The maximum absolute atomic E-state index is 12.0. The Labute approximate surface area is 128 Å². The van der Waals surface area contributed by atoms with Gasteiger partial charge in [0.2, 0.25) is 0 Å². The molecule has 0 bridgehead atoms. The molecular formula is C17H15N3O2. The van der Waals surface area contributed by atoms with E-state index in [2.05, 4.69) is 15.3 Å². The van der Waals surface area contributed by atoms with Crippen molar-refractivity contribution in [2.45, 2.75) is 6.92 Å². The topological polar surface area (TPSA) is 64.1 Å². The molecule has 3 rings (SSSR count). The second-order valence-electron chi connectivity index (χ2n) is 4.69. The largest absolute Gasteiger partial charge is 0.462 e. The van der Waals surface area contributed by atoms with Gasteiger partial charge < -0.3 is 10.1 Å². The third kappa shape index (κ3) is 2.88. The normalized spacial score (nSPS) is 10.4. The molecule has 0 amide bonds. The summed E-state index contributed by atoms with van der Waals surface area (Å²) in [6.45, 7) is 2.14. The first kappa shape index (κ1) is 14.0. The molecule has 5 heteroatoms. The van der Waals surface area contributed by atoms with Crippen LogP contribution in [0.25, 0.3) is 10.9 Å². The van der Waals surface area contributed by atoms with Crippen molar-refractivity contribution in [1.29, 1.82) is 0 Å². The summed E-state index contributed by atoms with van der Waals surface area (Å²) < 4.78 is 5.08. The first-order valence-electron chi connectivity index (χ1n) is 7.01. The maximum Gasteiger partial charge on any atom is 0.340 e. The van der Waals surface area contributed by atoms with Crippen LogP contribution >= 0.6 is 0 Å². The van der Waals surface area contributed by atoms with Crippen LogP contribution in [0, 0.1) is 0 Å². The van der Waals surface area contributed by atoms with Gasteiger partial charge >= 0.3 is 5.97 Å². The molecule has 0 aliphatic heterocycles. The van der Waals surface area contributed by atoms with E-state index in [-0.39, 0.29) is 5.97 Å². The van der Waals surface area contributed by atoms with E-state index in [0.717, 1.165) is 16.6 Å². The Balaban J connectivity index is 1.93. The molecule has 0 atom stereocenters. The van der Waals surface area contributed by atoms with Gasteiger partial charge in [-0.05, 0) is 37.3 Å². The van der Waals surface area contributed by atoms with Crippen LogP contribution in [0.2, 0.25) is 0 Å². The van der Waals surface area contributed by atoms with Crippen molar-refractivity contribution in [1.82, 2.24) is 9.97 Å². The monoisotopic (exact) mass is 293 g/mol. The van der Waals surface area contributed by atoms with Gasteiger partial charge in [0.1, 0.15) is 6.33 Å². The van der Waals surface area contributed by atoms with Gasteiger partial charge in [-0.15, -0.1) is 0 Å². The van der Waals surface area contributed by atoms with E-state index in [1.165, 1.54) is 6.33 Å². The number of benzene rings is 2. The van der Waals surface area contributed by atoms with E-state index in [0.29, 0.717) is 17.9 Å². The van der Waals surface area contributed by atoms with Gasteiger partial charge in [-0.3, -0.25) is 0 Å². The molecule has 1 aromatic heterocycles. The number of hydrogen-bond donors (Lipinski definition) is 1. The van der Waals surface area contributed by atoms with E-state index in [4.69, 9.17) is 4.74 Å². The molecule has 0 spiro atoms. The standard InChI is InChI=1S/C17H15N3O2/c1-2-22-17(21)14-5-3-4-6-16(14)20-13-7-8-15-12(9-13)10-18-11-19-15/h3-11,20H,2H2,1H3. The van der Waals surface area contributed by atoms with Crippen LogP contribution in [0.5, 0.6) is 0 Å². The lowest BCUT2D eigenvalue weighted by atomic mass is 10.1. The number of nitrogens with zero attached hydrogens (tertiary/aromatic N) is 2.